The summed E-state index contributed by atoms with van der Waals surface area (Å²) in [5.74, 6) is -1.05. The lowest BCUT2D eigenvalue weighted by molar-refractivity contribution is -0.142. The molecule has 2 N–H and O–H groups in total. The molecule has 0 aliphatic heterocycles. The van der Waals surface area contributed by atoms with E-state index in [-0.39, 0.29) is 23.9 Å². The topological polar surface area (TPSA) is 84.2 Å². The highest BCUT2D eigenvalue weighted by atomic mass is 16.4. The van der Waals surface area contributed by atoms with Crippen molar-refractivity contribution in [2.45, 2.75) is 44.7 Å². The minimum Gasteiger partial charge on any atom is -0.481 e. The van der Waals surface area contributed by atoms with Crippen molar-refractivity contribution in [3.63, 3.8) is 0 Å². The van der Waals surface area contributed by atoms with Gasteiger partial charge in [-0.25, -0.2) is 0 Å². The second-order valence-corrected chi connectivity index (χ2v) is 5.06. The molecule has 104 valence electrons. The molecule has 1 aromatic heterocycles. The van der Waals surface area contributed by atoms with E-state index in [0.29, 0.717) is 12.8 Å². The van der Waals surface area contributed by atoms with Gasteiger partial charge in [0.2, 0.25) is 5.91 Å². The second kappa shape index (κ2) is 5.86. The maximum atomic E-state index is 12.0. The summed E-state index contributed by atoms with van der Waals surface area (Å²) in [5, 5.41) is 15.9. The monoisotopic (exact) mass is 265 g/mol. The quantitative estimate of drug-likeness (QED) is 0.856. The van der Waals surface area contributed by atoms with Gasteiger partial charge in [-0.1, -0.05) is 0 Å². The van der Waals surface area contributed by atoms with E-state index in [0.717, 1.165) is 12.8 Å². The van der Waals surface area contributed by atoms with Gasteiger partial charge in [-0.3, -0.25) is 14.3 Å². The first-order chi connectivity index (χ1) is 9.08. The summed E-state index contributed by atoms with van der Waals surface area (Å²) in [4.78, 5) is 22.9. The summed E-state index contributed by atoms with van der Waals surface area (Å²) in [6.45, 7) is 1.80. The second-order valence-electron chi connectivity index (χ2n) is 5.06. The molecule has 0 aromatic carbocycles. The van der Waals surface area contributed by atoms with Crippen LogP contribution in [0, 0.1) is 5.92 Å². The predicted octanol–water partition coefficient (Wildman–Crippen LogP) is 1.20. The molecule has 19 heavy (non-hydrogen) atoms. The summed E-state index contributed by atoms with van der Waals surface area (Å²) < 4.78 is 1.61. The van der Waals surface area contributed by atoms with Crippen LogP contribution in [0.1, 0.15) is 38.6 Å². The maximum absolute atomic E-state index is 12.0. The average Bonchev–Trinajstić information content (AvgIpc) is 2.92. The standard InChI is InChI=1S/C13H19N3O3/c1-9(16-8-2-7-14-16)12(17)15-11-5-3-10(4-6-11)13(18)19/h2,7-11H,3-6H2,1H3,(H,15,17)(H,18,19)/t9-,10?,11?/m1/s1. The molecule has 1 heterocycles. The molecule has 1 fully saturated rings. The van der Waals surface area contributed by atoms with Crippen LogP contribution in [-0.2, 0) is 9.59 Å². The fourth-order valence-corrected chi connectivity index (χ4v) is 2.44. The predicted molar refractivity (Wildman–Crippen MR) is 68.5 cm³/mol. The van der Waals surface area contributed by atoms with Crippen LogP contribution in [0.3, 0.4) is 0 Å². The average molecular weight is 265 g/mol. The first kappa shape index (κ1) is 13.6. The fraction of sp³-hybridized carbons (Fsp3) is 0.615. The third-order valence-corrected chi connectivity index (χ3v) is 3.72. The molecule has 0 saturated heterocycles. The van der Waals surface area contributed by atoms with Crippen molar-refractivity contribution in [2.24, 2.45) is 5.92 Å². The van der Waals surface area contributed by atoms with E-state index in [1.807, 2.05) is 0 Å². The summed E-state index contributed by atoms with van der Waals surface area (Å²) in [7, 11) is 0. The summed E-state index contributed by atoms with van der Waals surface area (Å²) in [6.07, 6.45) is 6.13. The van der Waals surface area contributed by atoms with Crippen LogP contribution in [-0.4, -0.2) is 32.8 Å². The lowest BCUT2D eigenvalue weighted by atomic mass is 9.86. The van der Waals surface area contributed by atoms with E-state index < -0.39 is 5.97 Å². The number of nitrogens with one attached hydrogen (secondary N) is 1. The molecular formula is C13H19N3O3. The molecule has 6 nitrogen and oxygen atoms in total. The van der Waals surface area contributed by atoms with Crippen molar-refractivity contribution in [2.75, 3.05) is 0 Å². The normalized spacial score (nSPS) is 24.7. The Kier molecular flexibility index (Phi) is 4.19. The fourth-order valence-electron chi connectivity index (χ4n) is 2.44. The van der Waals surface area contributed by atoms with Crippen molar-refractivity contribution < 1.29 is 14.7 Å². The molecule has 2 rings (SSSR count). The van der Waals surface area contributed by atoms with Crippen LogP contribution < -0.4 is 5.32 Å². The number of carbonyl (C=O) groups is 2. The number of amides is 1. The molecule has 0 bridgehead atoms. The van der Waals surface area contributed by atoms with E-state index in [4.69, 9.17) is 5.11 Å². The van der Waals surface area contributed by atoms with E-state index in [1.165, 1.54) is 0 Å². The molecular weight excluding hydrogens is 246 g/mol. The maximum Gasteiger partial charge on any atom is 0.306 e. The van der Waals surface area contributed by atoms with Crippen molar-refractivity contribution in [3.05, 3.63) is 18.5 Å². The number of hydrogen-bond donors (Lipinski definition) is 2. The Morgan fingerprint density at radius 2 is 2.05 bits per heavy atom. The van der Waals surface area contributed by atoms with Gasteiger partial charge in [-0.05, 0) is 38.7 Å². The molecule has 1 aromatic rings. The summed E-state index contributed by atoms with van der Waals surface area (Å²) in [5.41, 5.74) is 0. The third kappa shape index (κ3) is 3.33. The Bertz CT molecular complexity index is 436. The summed E-state index contributed by atoms with van der Waals surface area (Å²) >= 11 is 0. The SMILES string of the molecule is C[C@H](C(=O)NC1CCC(C(=O)O)CC1)n1cccn1. The van der Waals surface area contributed by atoms with Crippen LogP contribution in [0.5, 0.6) is 0 Å². The highest BCUT2D eigenvalue weighted by Crippen LogP contribution is 2.24. The smallest absolute Gasteiger partial charge is 0.306 e. The van der Waals surface area contributed by atoms with Gasteiger partial charge >= 0.3 is 5.97 Å². The molecule has 1 saturated carbocycles. The molecule has 0 unspecified atom stereocenters. The number of carbonyl (C=O) groups excluding carboxylic acids is 1. The van der Waals surface area contributed by atoms with E-state index in [9.17, 15) is 9.59 Å². The molecule has 6 heteroatoms. The van der Waals surface area contributed by atoms with Crippen LogP contribution in [0.25, 0.3) is 0 Å². The van der Waals surface area contributed by atoms with Gasteiger partial charge in [0, 0.05) is 18.4 Å². The highest BCUT2D eigenvalue weighted by molar-refractivity contribution is 5.80. The van der Waals surface area contributed by atoms with Gasteiger partial charge in [0.05, 0.1) is 5.92 Å². The molecule has 0 radical (unpaired) electrons. The molecule has 1 aliphatic carbocycles. The van der Waals surface area contributed by atoms with Crippen molar-refractivity contribution in [1.29, 1.82) is 0 Å². The molecule has 1 atom stereocenters. The minimum absolute atomic E-state index is 0.0672. The van der Waals surface area contributed by atoms with Crippen LogP contribution >= 0.6 is 0 Å². The van der Waals surface area contributed by atoms with E-state index in [2.05, 4.69) is 10.4 Å². The van der Waals surface area contributed by atoms with Gasteiger partial charge in [0.15, 0.2) is 0 Å². The lowest BCUT2D eigenvalue weighted by Crippen LogP contribution is -2.41. The number of aromatic nitrogens is 2. The Morgan fingerprint density at radius 1 is 1.37 bits per heavy atom. The van der Waals surface area contributed by atoms with Crippen LogP contribution in [0.4, 0.5) is 0 Å². The molecule has 0 spiro atoms. The zero-order chi connectivity index (χ0) is 13.8. The lowest BCUT2D eigenvalue weighted by Gasteiger charge is -2.27. The zero-order valence-corrected chi connectivity index (χ0v) is 11.0. The van der Waals surface area contributed by atoms with Gasteiger partial charge in [-0.15, -0.1) is 0 Å². The number of nitrogens with zero attached hydrogens (tertiary/aromatic N) is 2. The first-order valence-corrected chi connectivity index (χ1v) is 6.60. The van der Waals surface area contributed by atoms with Gasteiger partial charge in [0.25, 0.3) is 0 Å². The Balaban J connectivity index is 1.82. The van der Waals surface area contributed by atoms with Crippen LogP contribution in [0.2, 0.25) is 0 Å². The number of carboxylic acids is 1. The van der Waals surface area contributed by atoms with E-state index in [1.54, 1.807) is 30.1 Å². The van der Waals surface area contributed by atoms with Gasteiger partial charge in [-0.2, -0.15) is 5.10 Å². The number of hydrogen-bond acceptors (Lipinski definition) is 3. The first-order valence-electron chi connectivity index (χ1n) is 6.60. The van der Waals surface area contributed by atoms with Crippen molar-refractivity contribution in [1.82, 2.24) is 15.1 Å². The van der Waals surface area contributed by atoms with E-state index >= 15 is 0 Å². The van der Waals surface area contributed by atoms with Gasteiger partial charge < -0.3 is 10.4 Å². The number of rotatable bonds is 4. The van der Waals surface area contributed by atoms with Gasteiger partial charge in [0.1, 0.15) is 6.04 Å². The zero-order valence-electron chi connectivity index (χ0n) is 11.0. The Morgan fingerprint density at radius 3 is 2.58 bits per heavy atom. The molecule has 1 amide bonds. The highest BCUT2D eigenvalue weighted by Gasteiger charge is 2.27. The number of carboxylic acid groups (broad SMARTS) is 1. The third-order valence-electron chi connectivity index (χ3n) is 3.72. The number of aliphatic carboxylic acids is 1. The summed E-state index contributed by atoms with van der Waals surface area (Å²) in [6, 6.07) is 1.52. The minimum atomic E-state index is -0.727. The van der Waals surface area contributed by atoms with Crippen LogP contribution in [0.15, 0.2) is 18.5 Å². The Hall–Kier alpha value is -1.85. The van der Waals surface area contributed by atoms with Crippen molar-refractivity contribution >= 4 is 11.9 Å². The van der Waals surface area contributed by atoms with Crippen molar-refractivity contribution in [3.8, 4) is 0 Å². The largest absolute Gasteiger partial charge is 0.481 e. The molecule has 1 aliphatic rings. The Labute approximate surface area is 111 Å².